The largest absolute Gasteiger partial charge is 0.506 e. The molecule has 0 aliphatic carbocycles. The number of nitrogens with one attached hydrogen (secondary N) is 1. The number of fused-ring (bicyclic) bond motifs is 1. The van der Waals surface area contributed by atoms with Crippen LogP contribution in [0.15, 0.2) is 47.3 Å². The minimum absolute atomic E-state index is 0.0543. The molecule has 0 atom stereocenters. The third-order valence-electron chi connectivity index (χ3n) is 2.99. The Labute approximate surface area is 108 Å². The minimum atomic E-state index is -0.301. The fourth-order valence-electron chi connectivity index (χ4n) is 2.14. The van der Waals surface area contributed by atoms with E-state index in [2.05, 4.69) is 4.98 Å². The zero-order valence-corrected chi connectivity index (χ0v) is 10.3. The van der Waals surface area contributed by atoms with Crippen molar-refractivity contribution >= 4 is 11.0 Å². The molecule has 0 radical (unpaired) electrons. The van der Waals surface area contributed by atoms with Crippen LogP contribution in [0.5, 0.6) is 11.5 Å². The van der Waals surface area contributed by atoms with Crippen LogP contribution < -0.4 is 10.4 Å². The van der Waals surface area contributed by atoms with E-state index in [1.165, 1.54) is 4.57 Å². The van der Waals surface area contributed by atoms with Crippen molar-refractivity contribution in [3.63, 3.8) is 0 Å². The number of methoxy groups -OCH3 is 1. The number of rotatable bonds is 2. The van der Waals surface area contributed by atoms with Crippen LogP contribution in [0.4, 0.5) is 0 Å². The predicted octanol–water partition coefficient (Wildman–Crippen LogP) is 2.03. The standard InChI is InChI=1S/C14H12N2O3/c1-19-10-5-2-4-9(8-10)16-13-11(15-14(16)18)6-3-7-12(13)17/h2-8,17H,1H3,(H,15,18). The molecule has 2 aromatic carbocycles. The number of benzene rings is 2. The number of H-pyrrole nitrogens is 1. The van der Waals surface area contributed by atoms with Crippen molar-refractivity contribution in [3.05, 3.63) is 52.9 Å². The summed E-state index contributed by atoms with van der Waals surface area (Å²) in [5.41, 5.74) is 1.38. The van der Waals surface area contributed by atoms with E-state index < -0.39 is 0 Å². The summed E-state index contributed by atoms with van der Waals surface area (Å²) in [7, 11) is 1.56. The molecule has 0 amide bonds. The Bertz CT molecular complexity index is 802. The lowest BCUT2D eigenvalue weighted by molar-refractivity contribution is 0.414. The first-order valence-corrected chi connectivity index (χ1v) is 5.78. The van der Waals surface area contributed by atoms with Gasteiger partial charge in [-0.15, -0.1) is 0 Å². The molecule has 19 heavy (non-hydrogen) atoms. The van der Waals surface area contributed by atoms with E-state index in [0.29, 0.717) is 22.5 Å². The van der Waals surface area contributed by atoms with Gasteiger partial charge in [-0.2, -0.15) is 0 Å². The average molecular weight is 256 g/mol. The number of para-hydroxylation sites is 1. The molecule has 0 fully saturated rings. The molecule has 5 heteroatoms. The van der Waals surface area contributed by atoms with Gasteiger partial charge in [0.15, 0.2) is 0 Å². The van der Waals surface area contributed by atoms with Crippen molar-refractivity contribution in [2.24, 2.45) is 0 Å². The molecule has 0 saturated heterocycles. The topological polar surface area (TPSA) is 67.2 Å². The summed E-state index contributed by atoms with van der Waals surface area (Å²) in [4.78, 5) is 14.8. The fraction of sp³-hybridized carbons (Fsp3) is 0.0714. The van der Waals surface area contributed by atoms with Crippen molar-refractivity contribution < 1.29 is 9.84 Å². The summed E-state index contributed by atoms with van der Waals surface area (Å²) >= 11 is 0. The quantitative estimate of drug-likeness (QED) is 0.737. The van der Waals surface area contributed by atoms with Crippen molar-refractivity contribution in [2.45, 2.75) is 0 Å². The van der Waals surface area contributed by atoms with Gasteiger partial charge in [-0.3, -0.25) is 4.57 Å². The smallest absolute Gasteiger partial charge is 0.331 e. The molecule has 5 nitrogen and oxygen atoms in total. The number of imidazole rings is 1. The summed E-state index contributed by atoms with van der Waals surface area (Å²) in [6.07, 6.45) is 0. The van der Waals surface area contributed by atoms with Gasteiger partial charge in [-0.05, 0) is 24.3 Å². The van der Waals surface area contributed by atoms with Crippen LogP contribution in [-0.4, -0.2) is 21.8 Å². The van der Waals surface area contributed by atoms with Crippen LogP contribution in [0, 0.1) is 0 Å². The zero-order valence-electron chi connectivity index (χ0n) is 10.3. The van der Waals surface area contributed by atoms with E-state index >= 15 is 0 Å². The summed E-state index contributed by atoms with van der Waals surface area (Å²) in [6.45, 7) is 0. The lowest BCUT2D eigenvalue weighted by Crippen LogP contribution is -2.14. The van der Waals surface area contributed by atoms with Crippen molar-refractivity contribution in [2.75, 3.05) is 7.11 Å². The molecule has 0 saturated carbocycles. The molecule has 0 aliphatic rings. The molecule has 96 valence electrons. The third kappa shape index (κ3) is 1.76. The highest BCUT2D eigenvalue weighted by Crippen LogP contribution is 2.25. The monoisotopic (exact) mass is 256 g/mol. The highest BCUT2D eigenvalue weighted by molar-refractivity contribution is 5.83. The zero-order chi connectivity index (χ0) is 13.4. The van der Waals surface area contributed by atoms with Gasteiger partial charge in [0, 0.05) is 6.07 Å². The molecular formula is C14H12N2O3. The molecule has 0 unspecified atom stereocenters. The molecule has 1 aromatic heterocycles. The highest BCUT2D eigenvalue weighted by Gasteiger charge is 2.12. The molecule has 3 aromatic rings. The van der Waals surface area contributed by atoms with Crippen LogP contribution in [0.2, 0.25) is 0 Å². The molecule has 0 spiro atoms. The summed E-state index contributed by atoms with van der Waals surface area (Å²) in [6, 6.07) is 12.1. The molecule has 0 aliphatic heterocycles. The Kier molecular flexibility index (Phi) is 2.52. The Morgan fingerprint density at radius 1 is 1.21 bits per heavy atom. The summed E-state index contributed by atoms with van der Waals surface area (Å²) in [5.74, 6) is 0.702. The second-order valence-corrected chi connectivity index (χ2v) is 4.14. The number of aromatic hydroxyl groups is 1. The first-order chi connectivity index (χ1) is 9.20. The van der Waals surface area contributed by atoms with Crippen molar-refractivity contribution in [1.29, 1.82) is 0 Å². The Hall–Kier alpha value is -2.69. The minimum Gasteiger partial charge on any atom is -0.506 e. The number of hydrogen-bond donors (Lipinski definition) is 2. The van der Waals surface area contributed by atoms with Gasteiger partial charge >= 0.3 is 5.69 Å². The maximum absolute atomic E-state index is 12.0. The first kappa shape index (κ1) is 11.4. The number of ether oxygens (including phenoxy) is 1. The van der Waals surface area contributed by atoms with Crippen LogP contribution in [0.3, 0.4) is 0 Å². The maximum Gasteiger partial charge on any atom is 0.331 e. The van der Waals surface area contributed by atoms with Crippen LogP contribution in [-0.2, 0) is 0 Å². The van der Waals surface area contributed by atoms with Crippen LogP contribution >= 0.6 is 0 Å². The lowest BCUT2D eigenvalue weighted by atomic mass is 10.2. The number of nitrogens with zero attached hydrogens (tertiary/aromatic N) is 1. The summed E-state index contributed by atoms with van der Waals surface area (Å²) < 4.78 is 6.57. The third-order valence-corrected chi connectivity index (χ3v) is 2.99. The highest BCUT2D eigenvalue weighted by atomic mass is 16.5. The number of aromatic amines is 1. The summed E-state index contributed by atoms with van der Waals surface area (Å²) in [5, 5.41) is 9.94. The van der Waals surface area contributed by atoms with Gasteiger partial charge in [0.25, 0.3) is 0 Å². The number of aromatic nitrogens is 2. The van der Waals surface area contributed by atoms with Crippen molar-refractivity contribution in [1.82, 2.24) is 9.55 Å². The van der Waals surface area contributed by atoms with Crippen molar-refractivity contribution in [3.8, 4) is 17.2 Å². The maximum atomic E-state index is 12.0. The van der Waals surface area contributed by atoms with E-state index in [0.717, 1.165) is 0 Å². The number of hydrogen-bond acceptors (Lipinski definition) is 3. The average Bonchev–Trinajstić information content (AvgIpc) is 2.76. The van der Waals surface area contributed by atoms with E-state index in [4.69, 9.17) is 4.74 Å². The van der Waals surface area contributed by atoms with Gasteiger partial charge < -0.3 is 14.8 Å². The Morgan fingerprint density at radius 3 is 2.79 bits per heavy atom. The number of phenolic OH excluding ortho intramolecular Hbond substituents is 1. The van der Waals surface area contributed by atoms with Gasteiger partial charge in [-0.25, -0.2) is 4.79 Å². The van der Waals surface area contributed by atoms with E-state index in [1.807, 2.05) is 0 Å². The van der Waals surface area contributed by atoms with Crippen LogP contribution in [0.1, 0.15) is 0 Å². The molecule has 3 rings (SSSR count). The Balaban J connectivity index is 2.35. The second kappa shape index (κ2) is 4.20. The fourth-order valence-corrected chi connectivity index (χ4v) is 2.14. The van der Waals surface area contributed by atoms with Gasteiger partial charge in [0.05, 0.1) is 18.3 Å². The van der Waals surface area contributed by atoms with E-state index in [-0.39, 0.29) is 11.4 Å². The van der Waals surface area contributed by atoms with Crippen LogP contribution in [0.25, 0.3) is 16.7 Å². The Morgan fingerprint density at radius 2 is 2.00 bits per heavy atom. The molecule has 2 N–H and O–H groups in total. The number of phenols is 1. The lowest BCUT2D eigenvalue weighted by Gasteiger charge is -2.06. The predicted molar refractivity (Wildman–Crippen MR) is 72.1 cm³/mol. The van der Waals surface area contributed by atoms with Gasteiger partial charge in [0.1, 0.15) is 17.0 Å². The molecule has 0 bridgehead atoms. The van der Waals surface area contributed by atoms with E-state index in [9.17, 15) is 9.90 Å². The van der Waals surface area contributed by atoms with Gasteiger partial charge in [-0.1, -0.05) is 12.1 Å². The van der Waals surface area contributed by atoms with Gasteiger partial charge in [0.2, 0.25) is 0 Å². The van der Waals surface area contributed by atoms with E-state index in [1.54, 1.807) is 49.6 Å². The molecule has 1 heterocycles. The normalized spacial score (nSPS) is 10.8. The SMILES string of the molecule is COc1cccc(-n2c(=O)[nH]c3cccc(O)c32)c1. The molecular weight excluding hydrogens is 244 g/mol. The second-order valence-electron chi connectivity index (χ2n) is 4.14. The first-order valence-electron chi connectivity index (χ1n) is 5.78.